The lowest BCUT2D eigenvalue weighted by Crippen LogP contribution is -2.33. The van der Waals surface area contributed by atoms with E-state index in [4.69, 9.17) is 14.2 Å². The van der Waals surface area contributed by atoms with E-state index in [0.717, 1.165) is 23.3 Å². The molecule has 1 atom stereocenters. The lowest BCUT2D eigenvalue weighted by Gasteiger charge is -2.16. The predicted octanol–water partition coefficient (Wildman–Crippen LogP) is 2.52. The molecule has 31 heavy (non-hydrogen) atoms. The van der Waals surface area contributed by atoms with Crippen LogP contribution in [0, 0.1) is 6.92 Å². The first-order chi connectivity index (χ1) is 14.9. The maximum absolute atomic E-state index is 12.5. The number of hydrogen-bond donors (Lipinski definition) is 2. The van der Waals surface area contributed by atoms with Gasteiger partial charge in [0, 0.05) is 19.2 Å². The summed E-state index contributed by atoms with van der Waals surface area (Å²) in [4.78, 5) is 0.351. The van der Waals surface area contributed by atoms with Gasteiger partial charge in [-0.25, -0.2) is 8.42 Å². The molecule has 0 amide bonds. The van der Waals surface area contributed by atoms with Crippen LogP contribution in [-0.2, 0) is 16.3 Å². The molecule has 7 nitrogen and oxygen atoms in total. The van der Waals surface area contributed by atoms with E-state index in [1.54, 1.807) is 12.1 Å². The number of rotatable bonds is 10. The Morgan fingerprint density at radius 1 is 1.10 bits per heavy atom. The van der Waals surface area contributed by atoms with Gasteiger partial charge in [0.15, 0.2) is 21.3 Å². The molecule has 8 heteroatoms. The van der Waals surface area contributed by atoms with Crippen molar-refractivity contribution in [1.29, 1.82) is 0 Å². The first-order valence-corrected chi connectivity index (χ1v) is 12.2. The molecule has 0 aliphatic carbocycles. The number of hydrogen-bond acceptors (Lipinski definition) is 7. The zero-order valence-electron chi connectivity index (χ0n) is 18.1. The highest BCUT2D eigenvalue weighted by atomic mass is 32.2. The van der Waals surface area contributed by atoms with E-state index in [1.165, 1.54) is 7.11 Å². The van der Waals surface area contributed by atoms with Gasteiger partial charge in [-0.1, -0.05) is 18.2 Å². The van der Waals surface area contributed by atoms with E-state index in [0.29, 0.717) is 48.9 Å². The van der Waals surface area contributed by atoms with Gasteiger partial charge < -0.3 is 24.6 Å². The van der Waals surface area contributed by atoms with Gasteiger partial charge in [-0.15, -0.1) is 0 Å². The fourth-order valence-corrected chi connectivity index (χ4v) is 5.17. The second-order valence-electron chi connectivity index (χ2n) is 7.67. The summed E-state index contributed by atoms with van der Waals surface area (Å²) < 4.78 is 41.8. The molecule has 0 spiro atoms. The summed E-state index contributed by atoms with van der Waals surface area (Å²) in [7, 11) is -1.78. The normalized spacial score (nSPS) is 16.1. The highest BCUT2D eigenvalue weighted by Gasteiger charge is 2.24. The number of para-hydroxylation sites is 1. The summed E-state index contributed by atoms with van der Waals surface area (Å²) >= 11 is 0. The molecular formula is C23H31NO6S. The van der Waals surface area contributed by atoms with Gasteiger partial charge in [0.1, 0.15) is 25.1 Å². The fraction of sp³-hybridized carbons (Fsp3) is 0.478. The number of methoxy groups -OCH3 is 1. The Morgan fingerprint density at radius 2 is 1.90 bits per heavy atom. The Kier molecular flexibility index (Phi) is 8.17. The maximum Gasteiger partial charge on any atom is 0.178 e. The number of fused-ring (bicyclic) bond motifs is 1. The summed E-state index contributed by atoms with van der Waals surface area (Å²) in [5.74, 6) is 1.88. The van der Waals surface area contributed by atoms with Crippen LogP contribution in [0.15, 0.2) is 41.3 Å². The van der Waals surface area contributed by atoms with Crippen LogP contribution in [-0.4, -0.2) is 58.8 Å². The van der Waals surface area contributed by atoms with Crippen molar-refractivity contribution in [3.05, 3.63) is 47.5 Å². The number of aryl methyl sites for hydroxylation is 2. The Hall–Kier alpha value is -2.29. The number of benzene rings is 2. The molecule has 2 aromatic carbocycles. The number of aliphatic hydroxyl groups is 1. The number of sulfone groups is 1. The minimum atomic E-state index is -3.28. The van der Waals surface area contributed by atoms with Crippen molar-refractivity contribution in [1.82, 2.24) is 5.32 Å². The minimum Gasteiger partial charge on any atom is -0.493 e. The van der Waals surface area contributed by atoms with Crippen molar-refractivity contribution in [2.24, 2.45) is 0 Å². The molecule has 0 saturated heterocycles. The largest absolute Gasteiger partial charge is 0.493 e. The molecule has 0 aromatic heterocycles. The molecule has 2 N–H and O–H groups in total. The SMILES string of the molecule is COc1cc2c(cc1OCCNCC(O)COc1ccccc1C)CCCCS2(=O)=O. The smallest absolute Gasteiger partial charge is 0.178 e. The lowest BCUT2D eigenvalue weighted by molar-refractivity contribution is 0.105. The summed E-state index contributed by atoms with van der Waals surface area (Å²) in [5, 5.41) is 13.2. The van der Waals surface area contributed by atoms with E-state index >= 15 is 0 Å². The quantitative estimate of drug-likeness (QED) is 0.538. The van der Waals surface area contributed by atoms with Gasteiger partial charge in [-0.05, 0) is 49.4 Å². The molecule has 0 saturated carbocycles. The monoisotopic (exact) mass is 449 g/mol. The van der Waals surface area contributed by atoms with Gasteiger partial charge in [-0.3, -0.25) is 0 Å². The zero-order valence-corrected chi connectivity index (χ0v) is 18.9. The molecule has 170 valence electrons. The van der Waals surface area contributed by atoms with Crippen LogP contribution in [0.5, 0.6) is 17.2 Å². The fourth-order valence-electron chi connectivity index (χ4n) is 3.52. The first-order valence-electron chi connectivity index (χ1n) is 10.5. The predicted molar refractivity (Wildman–Crippen MR) is 119 cm³/mol. The van der Waals surface area contributed by atoms with Gasteiger partial charge in [0.25, 0.3) is 0 Å². The average molecular weight is 450 g/mol. The molecule has 1 aliphatic heterocycles. The second-order valence-corrected chi connectivity index (χ2v) is 9.75. The number of nitrogens with one attached hydrogen (secondary N) is 1. The van der Waals surface area contributed by atoms with Crippen LogP contribution in [0.2, 0.25) is 0 Å². The third-order valence-electron chi connectivity index (χ3n) is 5.23. The van der Waals surface area contributed by atoms with Crippen LogP contribution >= 0.6 is 0 Å². The van der Waals surface area contributed by atoms with E-state index in [-0.39, 0.29) is 12.4 Å². The number of aliphatic hydroxyl groups excluding tert-OH is 1. The molecule has 1 aliphatic rings. The van der Waals surface area contributed by atoms with Crippen molar-refractivity contribution in [2.75, 3.05) is 39.2 Å². The van der Waals surface area contributed by atoms with E-state index in [9.17, 15) is 13.5 Å². The lowest BCUT2D eigenvalue weighted by atomic mass is 10.1. The first kappa shape index (κ1) is 23.4. The number of ether oxygens (including phenoxy) is 3. The average Bonchev–Trinajstić information content (AvgIpc) is 2.89. The van der Waals surface area contributed by atoms with Crippen LogP contribution in [0.4, 0.5) is 0 Å². The highest BCUT2D eigenvalue weighted by Crippen LogP contribution is 2.35. The van der Waals surface area contributed by atoms with Crippen molar-refractivity contribution in [2.45, 2.75) is 37.2 Å². The van der Waals surface area contributed by atoms with Crippen LogP contribution in [0.25, 0.3) is 0 Å². The molecule has 0 fully saturated rings. The van der Waals surface area contributed by atoms with Gasteiger partial charge in [-0.2, -0.15) is 0 Å². The molecule has 0 radical (unpaired) electrons. The van der Waals surface area contributed by atoms with Gasteiger partial charge >= 0.3 is 0 Å². The van der Waals surface area contributed by atoms with Crippen molar-refractivity contribution >= 4 is 9.84 Å². The maximum atomic E-state index is 12.5. The van der Waals surface area contributed by atoms with Gasteiger partial charge in [0.05, 0.1) is 17.8 Å². The summed E-state index contributed by atoms with van der Waals surface area (Å²) in [6, 6.07) is 11.0. The summed E-state index contributed by atoms with van der Waals surface area (Å²) in [6.45, 7) is 3.40. The summed E-state index contributed by atoms with van der Waals surface area (Å²) in [6.07, 6.45) is 1.56. The second kappa shape index (κ2) is 10.8. The Balaban J connectivity index is 1.47. The van der Waals surface area contributed by atoms with Crippen molar-refractivity contribution < 1.29 is 27.7 Å². The molecule has 1 heterocycles. The van der Waals surface area contributed by atoms with Crippen molar-refractivity contribution in [3.63, 3.8) is 0 Å². The van der Waals surface area contributed by atoms with E-state index < -0.39 is 15.9 Å². The minimum absolute atomic E-state index is 0.170. The highest BCUT2D eigenvalue weighted by molar-refractivity contribution is 7.91. The molecule has 3 rings (SSSR count). The third kappa shape index (κ3) is 6.35. The Bertz CT molecular complexity index is 976. The zero-order chi connectivity index (χ0) is 22.3. The topological polar surface area (TPSA) is 94.1 Å². The Morgan fingerprint density at radius 3 is 2.68 bits per heavy atom. The summed E-state index contributed by atoms with van der Waals surface area (Å²) in [5.41, 5.74) is 1.81. The third-order valence-corrected chi connectivity index (χ3v) is 7.11. The Labute approximate surface area is 184 Å². The van der Waals surface area contributed by atoms with E-state index in [1.807, 2.05) is 31.2 Å². The molecular weight excluding hydrogens is 418 g/mol. The van der Waals surface area contributed by atoms with Gasteiger partial charge in [0.2, 0.25) is 0 Å². The van der Waals surface area contributed by atoms with E-state index in [2.05, 4.69) is 5.32 Å². The molecule has 1 unspecified atom stereocenters. The van der Waals surface area contributed by atoms with Crippen LogP contribution in [0.3, 0.4) is 0 Å². The van der Waals surface area contributed by atoms with Crippen LogP contribution < -0.4 is 19.5 Å². The van der Waals surface area contributed by atoms with Crippen LogP contribution in [0.1, 0.15) is 24.0 Å². The molecule has 2 aromatic rings. The van der Waals surface area contributed by atoms with Crippen molar-refractivity contribution in [3.8, 4) is 17.2 Å². The molecule has 0 bridgehead atoms. The standard InChI is InChI=1S/C23H31NO6S/c1-17-7-3-4-9-20(17)30-16-19(25)15-24-10-11-29-22-13-18-8-5-6-12-31(26,27)23(18)14-21(22)28-2/h3-4,7,9,13-14,19,24-25H,5-6,8,10-12,15-16H2,1-2H3.